The van der Waals surface area contributed by atoms with Crippen molar-refractivity contribution in [1.29, 1.82) is 0 Å². The molecule has 3 rings (SSSR count). The molecular formula is C18H20FN5O3. The number of ether oxygens (including phenoxy) is 1. The first kappa shape index (κ1) is 18.6. The fourth-order valence-corrected chi connectivity index (χ4v) is 2.68. The fourth-order valence-electron chi connectivity index (χ4n) is 2.68. The second-order valence-corrected chi connectivity index (χ2v) is 5.85. The van der Waals surface area contributed by atoms with E-state index in [4.69, 9.17) is 4.74 Å². The molecule has 0 unspecified atom stereocenters. The Morgan fingerprint density at radius 3 is 2.63 bits per heavy atom. The molecule has 0 bridgehead atoms. The van der Waals surface area contributed by atoms with Gasteiger partial charge in [-0.2, -0.15) is 0 Å². The summed E-state index contributed by atoms with van der Waals surface area (Å²) in [6.07, 6.45) is 1.15. The maximum absolute atomic E-state index is 13.7. The summed E-state index contributed by atoms with van der Waals surface area (Å²) in [6, 6.07) is 7.39. The third kappa shape index (κ3) is 4.49. The number of halogens is 1. The van der Waals surface area contributed by atoms with Crippen LogP contribution in [0.2, 0.25) is 0 Å². The number of hydrogen-bond acceptors (Lipinski definition) is 6. The van der Waals surface area contributed by atoms with Crippen molar-refractivity contribution < 1.29 is 18.7 Å². The van der Waals surface area contributed by atoms with Gasteiger partial charge >= 0.3 is 6.09 Å². The van der Waals surface area contributed by atoms with Gasteiger partial charge in [-0.25, -0.2) is 19.2 Å². The van der Waals surface area contributed by atoms with E-state index >= 15 is 0 Å². The second kappa shape index (κ2) is 8.43. The van der Waals surface area contributed by atoms with Crippen LogP contribution in [0.15, 0.2) is 36.5 Å². The summed E-state index contributed by atoms with van der Waals surface area (Å²) in [4.78, 5) is 36.1. The predicted octanol–water partition coefficient (Wildman–Crippen LogP) is 2.15. The topological polar surface area (TPSA) is 87.7 Å². The molecule has 9 heteroatoms. The van der Waals surface area contributed by atoms with Crippen LogP contribution in [0.1, 0.15) is 17.4 Å². The number of carbonyl (C=O) groups is 2. The SMILES string of the molecule is CCOC(=O)N1CCN(c2nccc(C(=O)Nc3ccccc3F)n2)CC1. The minimum Gasteiger partial charge on any atom is -0.450 e. The normalized spacial score (nSPS) is 14.0. The molecule has 8 nitrogen and oxygen atoms in total. The van der Waals surface area contributed by atoms with Crippen molar-refractivity contribution in [2.24, 2.45) is 0 Å². The molecule has 142 valence electrons. The number of amides is 2. The molecule has 27 heavy (non-hydrogen) atoms. The zero-order valence-corrected chi connectivity index (χ0v) is 14.9. The Bertz CT molecular complexity index is 824. The highest BCUT2D eigenvalue weighted by Gasteiger charge is 2.24. The number of carbonyl (C=O) groups excluding carboxylic acids is 2. The number of para-hydroxylation sites is 1. The molecule has 0 saturated carbocycles. The van der Waals surface area contributed by atoms with Gasteiger partial charge in [-0.05, 0) is 25.1 Å². The number of nitrogens with one attached hydrogen (secondary N) is 1. The van der Waals surface area contributed by atoms with E-state index in [-0.39, 0.29) is 17.5 Å². The quantitative estimate of drug-likeness (QED) is 0.884. The molecule has 0 aliphatic carbocycles. The third-order valence-corrected chi connectivity index (χ3v) is 4.09. The van der Waals surface area contributed by atoms with Gasteiger partial charge in [-0.3, -0.25) is 4.79 Å². The number of nitrogens with zero attached hydrogens (tertiary/aromatic N) is 4. The van der Waals surface area contributed by atoms with Gasteiger partial charge in [0.1, 0.15) is 11.5 Å². The third-order valence-electron chi connectivity index (χ3n) is 4.09. The minimum atomic E-state index is -0.520. The predicted molar refractivity (Wildman–Crippen MR) is 97.2 cm³/mol. The maximum Gasteiger partial charge on any atom is 0.409 e. The van der Waals surface area contributed by atoms with Gasteiger partial charge in [-0.1, -0.05) is 12.1 Å². The van der Waals surface area contributed by atoms with E-state index in [9.17, 15) is 14.0 Å². The Morgan fingerprint density at radius 1 is 1.19 bits per heavy atom. The highest BCUT2D eigenvalue weighted by atomic mass is 19.1. The molecule has 0 atom stereocenters. The monoisotopic (exact) mass is 373 g/mol. The molecule has 0 spiro atoms. The maximum atomic E-state index is 13.7. The van der Waals surface area contributed by atoms with Gasteiger partial charge in [0.15, 0.2) is 0 Å². The molecule has 1 fully saturated rings. The van der Waals surface area contributed by atoms with Crippen molar-refractivity contribution in [3.8, 4) is 0 Å². The van der Waals surface area contributed by atoms with E-state index in [0.717, 1.165) is 0 Å². The van der Waals surface area contributed by atoms with Crippen LogP contribution in [-0.2, 0) is 4.74 Å². The molecule has 2 aromatic rings. The van der Waals surface area contributed by atoms with E-state index in [2.05, 4.69) is 15.3 Å². The zero-order valence-electron chi connectivity index (χ0n) is 14.9. The Hall–Kier alpha value is -3.23. The molecule has 1 aliphatic rings. The average Bonchev–Trinajstić information content (AvgIpc) is 2.70. The summed E-state index contributed by atoms with van der Waals surface area (Å²) in [6.45, 7) is 4.11. The first-order valence-corrected chi connectivity index (χ1v) is 8.64. The van der Waals surface area contributed by atoms with E-state index in [1.807, 2.05) is 4.90 Å². The standard InChI is InChI=1S/C18H20FN5O3/c1-2-27-18(26)24-11-9-23(10-12-24)17-20-8-7-15(22-17)16(25)21-14-6-4-3-5-13(14)19/h3-8H,2,9-12H2,1H3,(H,21,25). The Labute approximate surface area is 156 Å². The van der Waals surface area contributed by atoms with Gasteiger partial charge in [0.2, 0.25) is 5.95 Å². The number of aromatic nitrogens is 2. The van der Waals surface area contributed by atoms with Gasteiger partial charge in [-0.15, -0.1) is 0 Å². The lowest BCUT2D eigenvalue weighted by Gasteiger charge is -2.34. The largest absolute Gasteiger partial charge is 0.450 e. The average molecular weight is 373 g/mol. The van der Waals surface area contributed by atoms with Gasteiger partial charge in [0, 0.05) is 32.4 Å². The summed E-state index contributed by atoms with van der Waals surface area (Å²) in [5.74, 6) is -0.649. The molecule has 2 heterocycles. The Kier molecular flexibility index (Phi) is 5.80. The minimum absolute atomic E-state index is 0.0886. The van der Waals surface area contributed by atoms with Gasteiger partial charge in [0.25, 0.3) is 5.91 Å². The van der Waals surface area contributed by atoms with Crippen LogP contribution in [0.5, 0.6) is 0 Å². The Morgan fingerprint density at radius 2 is 1.93 bits per heavy atom. The summed E-state index contributed by atoms with van der Waals surface area (Å²) in [7, 11) is 0. The van der Waals surface area contributed by atoms with Crippen molar-refractivity contribution in [2.75, 3.05) is 43.0 Å². The highest BCUT2D eigenvalue weighted by molar-refractivity contribution is 6.03. The summed E-state index contributed by atoms with van der Waals surface area (Å²) in [5.41, 5.74) is 0.224. The molecule has 1 aromatic heterocycles. The van der Waals surface area contributed by atoms with Crippen LogP contribution in [0.3, 0.4) is 0 Å². The zero-order chi connectivity index (χ0) is 19.2. The van der Waals surface area contributed by atoms with Crippen LogP contribution in [0.25, 0.3) is 0 Å². The lowest BCUT2D eigenvalue weighted by atomic mass is 10.3. The number of benzene rings is 1. The second-order valence-electron chi connectivity index (χ2n) is 5.85. The smallest absolute Gasteiger partial charge is 0.409 e. The van der Waals surface area contributed by atoms with Crippen molar-refractivity contribution in [1.82, 2.24) is 14.9 Å². The van der Waals surface area contributed by atoms with Crippen LogP contribution in [0, 0.1) is 5.82 Å². The Balaban J connectivity index is 1.65. The number of anilines is 2. The van der Waals surface area contributed by atoms with Gasteiger partial charge < -0.3 is 19.9 Å². The summed E-state index contributed by atoms with van der Waals surface area (Å²) >= 11 is 0. The molecule has 1 aliphatic heterocycles. The molecule has 1 aromatic carbocycles. The highest BCUT2D eigenvalue weighted by Crippen LogP contribution is 2.15. The molecule has 0 radical (unpaired) electrons. The van der Waals surface area contributed by atoms with Crippen LogP contribution >= 0.6 is 0 Å². The van der Waals surface area contributed by atoms with Crippen LogP contribution < -0.4 is 10.2 Å². The fraction of sp³-hybridized carbons (Fsp3) is 0.333. The number of rotatable bonds is 4. The van der Waals surface area contributed by atoms with E-state index in [1.54, 1.807) is 24.0 Å². The lowest BCUT2D eigenvalue weighted by Crippen LogP contribution is -2.49. The first-order chi connectivity index (χ1) is 13.1. The lowest BCUT2D eigenvalue weighted by molar-refractivity contribution is 0.102. The van der Waals surface area contributed by atoms with Crippen molar-refractivity contribution >= 4 is 23.6 Å². The molecule has 1 saturated heterocycles. The number of hydrogen-bond donors (Lipinski definition) is 1. The van der Waals surface area contributed by atoms with E-state index in [0.29, 0.717) is 38.7 Å². The van der Waals surface area contributed by atoms with Crippen LogP contribution in [0.4, 0.5) is 20.8 Å². The van der Waals surface area contributed by atoms with Crippen molar-refractivity contribution in [3.63, 3.8) is 0 Å². The molecule has 1 N–H and O–H groups in total. The van der Waals surface area contributed by atoms with E-state index in [1.165, 1.54) is 24.4 Å². The van der Waals surface area contributed by atoms with E-state index < -0.39 is 11.7 Å². The van der Waals surface area contributed by atoms with Gasteiger partial charge in [0.05, 0.1) is 12.3 Å². The summed E-state index contributed by atoms with van der Waals surface area (Å²) in [5, 5.41) is 2.50. The first-order valence-electron chi connectivity index (χ1n) is 8.64. The van der Waals surface area contributed by atoms with Crippen molar-refractivity contribution in [2.45, 2.75) is 6.92 Å². The number of piperazine rings is 1. The molecule has 2 amide bonds. The van der Waals surface area contributed by atoms with Crippen molar-refractivity contribution in [3.05, 3.63) is 48.0 Å². The molecular weight excluding hydrogens is 353 g/mol. The summed E-state index contributed by atoms with van der Waals surface area (Å²) < 4.78 is 18.7. The van der Waals surface area contributed by atoms with Crippen LogP contribution in [-0.4, -0.2) is 59.7 Å².